The molecule has 0 bridgehead atoms. The highest BCUT2D eigenvalue weighted by Gasteiger charge is 2.55. The Balaban J connectivity index is 1.79. The lowest BCUT2D eigenvalue weighted by Gasteiger charge is -2.29. The molecular formula is C18H18ClF3N3O6P. The zero-order chi connectivity index (χ0) is 23.3. The minimum Gasteiger partial charge on any atom is -0.436 e. The van der Waals surface area contributed by atoms with Crippen molar-refractivity contribution in [2.75, 3.05) is 13.2 Å². The Kier molecular flexibility index (Phi) is 8.07. The number of halogens is 4. The van der Waals surface area contributed by atoms with Gasteiger partial charge in [-0.3, -0.25) is 14.3 Å². The fraction of sp³-hybridized carbons (Fsp3) is 0.389. The summed E-state index contributed by atoms with van der Waals surface area (Å²) in [6, 6.07) is 8.27. The minimum atomic E-state index is -3.20. The molecule has 1 saturated heterocycles. The number of aromatic amines is 1. The van der Waals surface area contributed by atoms with E-state index in [0.29, 0.717) is 16.6 Å². The molecule has 1 aromatic heterocycles. The third kappa shape index (κ3) is 5.57. The molecule has 2 N–H and O–H groups in total. The highest BCUT2D eigenvalue weighted by atomic mass is 35.5. The molecule has 2 heterocycles. The smallest absolute Gasteiger partial charge is 0.330 e. The molecule has 1 aromatic carbocycles. The first-order valence-electron chi connectivity index (χ1n) is 9.20. The van der Waals surface area contributed by atoms with E-state index in [1.807, 2.05) is 4.98 Å². The van der Waals surface area contributed by atoms with Crippen molar-refractivity contribution in [1.82, 2.24) is 14.6 Å². The van der Waals surface area contributed by atoms with Crippen LogP contribution in [0.4, 0.5) is 13.2 Å². The Bertz CT molecular complexity index is 1040. The number of para-hydroxylation sites is 1. The SMILES string of the molecule is O=CCNP(OCC1(C(F)F)CC(F)C(n2cc(Cl)c(=O)[nH]c2=O)O1)Oc1ccccc1. The first-order valence-corrected chi connectivity index (χ1v) is 10.8. The lowest BCUT2D eigenvalue weighted by Crippen LogP contribution is -2.43. The lowest BCUT2D eigenvalue weighted by atomic mass is 10.0. The van der Waals surface area contributed by atoms with Crippen molar-refractivity contribution in [2.24, 2.45) is 0 Å². The summed E-state index contributed by atoms with van der Waals surface area (Å²) in [5, 5.41) is 2.18. The first kappa shape index (κ1) is 24.4. The molecule has 9 nitrogen and oxygen atoms in total. The van der Waals surface area contributed by atoms with Gasteiger partial charge in [0.1, 0.15) is 23.2 Å². The van der Waals surface area contributed by atoms with Crippen molar-refractivity contribution in [3.63, 3.8) is 0 Å². The lowest BCUT2D eigenvalue weighted by molar-refractivity contribution is -0.167. The third-order valence-electron chi connectivity index (χ3n) is 4.46. The van der Waals surface area contributed by atoms with Gasteiger partial charge in [-0.15, -0.1) is 0 Å². The van der Waals surface area contributed by atoms with Crippen LogP contribution in [0.3, 0.4) is 0 Å². The summed E-state index contributed by atoms with van der Waals surface area (Å²) in [4.78, 5) is 36.0. The van der Waals surface area contributed by atoms with E-state index in [4.69, 9.17) is 25.4 Å². The number of carbonyl (C=O) groups excluding carboxylic acids is 1. The van der Waals surface area contributed by atoms with Crippen LogP contribution in [0.2, 0.25) is 5.02 Å². The molecule has 32 heavy (non-hydrogen) atoms. The Labute approximate surface area is 185 Å². The van der Waals surface area contributed by atoms with Crippen LogP contribution < -0.4 is 20.9 Å². The van der Waals surface area contributed by atoms with Gasteiger partial charge in [-0.1, -0.05) is 29.8 Å². The predicted octanol–water partition coefficient (Wildman–Crippen LogP) is 2.56. The summed E-state index contributed by atoms with van der Waals surface area (Å²) in [7, 11) is -2.07. The summed E-state index contributed by atoms with van der Waals surface area (Å²) in [5.41, 5.74) is -4.40. The number of nitrogens with zero attached hydrogens (tertiary/aromatic N) is 1. The summed E-state index contributed by atoms with van der Waals surface area (Å²) in [6.07, 6.45) is -6.45. The summed E-state index contributed by atoms with van der Waals surface area (Å²) in [6.45, 7) is -0.988. The maximum Gasteiger partial charge on any atom is 0.330 e. The van der Waals surface area contributed by atoms with E-state index in [2.05, 4.69) is 5.09 Å². The maximum atomic E-state index is 14.7. The van der Waals surface area contributed by atoms with Crippen LogP contribution in [0.25, 0.3) is 0 Å². The molecule has 1 aliphatic rings. The highest BCUT2D eigenvalue weighted by Crippen LogP contribution is 2.45. The molecule has 3 rings (SSSR count). The van der Waals surface area contributed by atoms with Crippen molar-refractivity contribution in [3.8, 4) is 5.75 Å². The minimum absolute atomic E-state index is 0.180. The molecule has 0 aliphatic carbocycles. The van der Waals surface area contributed by atoms with Crippen LogP contribution in [0.1, 0.15) is 12.6 Å². The van der Waals surface area contributed by atoms with Crippen LogP contribution in [-0.2, 0) is 14.1 Å². The van der Waals surface area contributed by atoms with Gasteiger partial charge in [0, 0.05) is 12.6 Å². The zero-order valence-electron chi connectivity index (χ0n) is 16.3. The molecule has 14 heteroatoms. The second kappa shape index (κ2) is 10.6. The van der Waals surface area contributed by atoms with Crippen LogP contribution in [0.5, 0.6) is 5.75 Å². The molecule has 4 atom stereocenters. The molecule has 0 spiro atoms. The number of carbonyl (C=O) groups is 1. The standard InChI is InChI=1S/C18H18ClF3N3O6P/c19-12-9-25(17(28)24-14(12)27)15-13(20)8-18(30-15,16(21)22)10-29-32(23-6-7-26)31-11-4-2-1-3-5-11/h1-5,7,9,13,15-16,23H,6,8,10H2,(H,24,27,28). The Morgan fingerprint density at radius 3 is 2.75 bits per heavy atom. The van der Waals surface area contributed by atoms with Gasteiger partial charge in [-0.05, 0) is 12.1 Å². The van der Waals surface area contributed by atoms with Crippen molar-refractivity contribution >= 4 is 26.4 Å². The molecule has 174 valence electrons. The Morgan fingerprint density at radius 2 is 2.09 bits per heavy atom. The summed E-state index contributed by atoms with van der Waals surface area (Å²) in [5.74, 6) is 0.353. The van der Waals surface area contributed by atoms with E-state index in [0.717, 1.165) is 6.20 Å². The monoisotopic (exact) mass is 495 g/mol. The van der Waals surface area contributed by atoms with Crippen LogP contribution >= 0.6 is 20.1 Å². The fourth-order valence-corrected chi connectivity index (χ4v) is 4.17. The maximum absolute atomic E-state index is 14.7. The average molecular weight is 496 g/mol. The predicted molar refractivity (Wildman–Crippen MR) is 109 cm³/mol. The van der Waals surface area contributed by atoms with Gasteiger partial charge < -0.3 is 18.6 Å². The number of H-pyrrole nitrogens is 1. The van der Waals surface area contributed by atoms with Crippen molar-refractivity contribution in [2.45, 2.75) is 30.8 Å². The largest absolute Gasteiger partial charge is 0.436 e. The van der Waals surface area contributed by atoms with Gasteiger partial charge in [0.05, 0.1) is 13.2 Å². The van der Waals surface area contributed by atoms with Crippen molar-refractivity contribution in [3.05, 3.63) is 62.4 Å². The van der Waals surface area contributed by atoms with E-state index < -0.39 is 62.3 Å². The van der Waals surface area contributed by atoms with Gasteiger partial charge in [-0.25, -0.2) is 23.1 Å². The van der Waals surface area contributed by atoms with Crippen LogP contribution in [0, 0.1) is 0 Å². The molecule has 0 amide bonds. The van der Waals surface area contributed by atoms with Gasteiger partial charge in [0.15, 0.2) is 11.8 Å². The molecule has 4 unspecified atom stereocenters. The van der Waals surface area contributed by atoms with Crippen LogP contribution in [0.15, 0.2) is 46.1 Å². The average Bonchev–Trinajstić information content (AvgIpc) is 3.11. The molecule has 1 fully saturated rings. The van der Waals surface area contributed by atoms with E-state index in [9.17, 15) is 27.6 Å². The van der Waals surface area contributed by atoms with Gasteiger partial charge in [0.2, 0.25) is 0 Å². The van der Waals surface area contributed by atoms with Gasteiger partial charge in [-0.2, -0.15) is 0 Å². The third-order valence-corrected chi connectivity index (χ3v) is 5.91. The van der Waals surface area contributed by atoms with E-state index in [1.54, 1.807) is 30.3 Å². The second-order valence-corrected chi connectivity index (χ2v) is 8.38. The van der Waals surface area contributed by atoms with Crippen LogP contribution in [-0.4, -0.2) is 47.2 Å². The number of rotatable bonds is 10. The molecule has 0 radical (unpaired) electrons. The van der Waals surface area contributed by atoms with Crippen molar-refractivity contribution < 1.29 is 31.8 Å². The quantitative estimate of drug-likeness (QED) is 0.385. The van der Waals surface area contributed by atoms with E-state index in [1.165, 1.54) is 0 Å². The van der Waals surface area contributed by atoms with Gasteiger partial charge in [0.25, 0.3) is 12.0 Å². The van der Waals surface area contributed by atoms with E-state index in [-0.39, 0.29) is 6.54 Å². The number of aldehydes is 1. The topological polar surface area (TPSA) is 112 Å². The molecular weight excluding hydrogens is 478 g/mol. The fourth-order valence-electron chi connectivity index (χ4n) is 2.93. The Hall–Kier alpha value is -2.24. The number of hydrogen-bond donors (Lipinski definition) is 2. The van der Waals surface area contributed by atoms with Crippen molar-refractivity contribution in [1.29, 1.82) is 0 Å². The first-order chi connectivity index (χ1) is 15.3. The van der Waals surface area contributed by atoms with Gasteiger partial charge >= 0.3 is 14.2 Å². The number of nitrogens with one attached hydrogen (secondary N) is 2. The number of alkyl halides is 3. The Morgan fingerprint density at radius 1 is 1.38 bits per heavy atom. The molecule has 2 aromatic rings. The van der Waals surface area contributed by atoms with E-state index >= 15 is 0 Å². The number of aromatic nitrogens is 2. The number of benzene rings is 1. The summed E-state index contributed by atoms with van der Waals surface area (Å²) < 4.78 is 59.5. The number of hydrogen-bond acceptors (Lipinski definition) is 7. The molecule has 1 aliphatic heterocycles. The second-order valence-electron chi connectivity index (χ2n) is 6.70. The highest BCUT2D eigenvalue weighted by molar-refractivity contribution is 7.45. The summed E-state index contributed by atoms with van der Waals surface area (Å²) >= 11 is 5.67. The number of ether oxygens (including phenoxy) is 1. The zero-order valence-corrected chi connectivity index (χ0v) is 17.9. The normalized spacial score (nSPS) is 23.9. The molecule has 0 saturated carbocycles.